The summed E-state index contributed by atoms with van der Waals surface area (Å²) in [4.78, 5) is 4.42. The van der Waals surface area contributed by atoms with Crippen LogP contribution < -0.4 is 5.32 Å². The van der Waals surface area contributed by atoms with Gasteiger partial charge in [0, 0.05) is 23.2 Å². The molecule has 13 heavy (non-hydrogen) atoms. The number of hydrogen-bond donors (Lipinski definition) is 1. The molecule has 0 radical (unpaired) electrons. The molecule has 0 bridgehead atoms. The molecule has 1 aromatic heterocycles. The highest BCUT2D eigenvalue weighted by Gasteiger charge is 2.18. The first-order valence-electron chi connectivity index (χ1n) is 4.54. The number of aromatic nitrogens is 1. The van der Waals surface area contributed by atoms with Crippen LogP contribution in [-0.4, -0.2) is 22.5 Å². The number of nitrogens with zero attached hydrogens (tertiary/aromatic N) is 1. The van der Waals surface area contributed by atoms with Gasteiger partial charge in [-0.1, -0.05) is 0 Å². The number of pyridine rings is 1. The summed E-state index contributed by atoms with van der Waals surface area (Å²) >= 11 is 1.99. The molecular formula is C10H14N2S. The summed E-state index contributed by atoms with van der Waals surface area (Å²) in [5, 5.41) is 3.49. The second-order valence-corrected chi connectivity index (χ2v) is 4.54. The lowest BCUT2D eigenvalue weighted by molar-refractivity contribution is 0.876. The topological polar surface area (TPSA) is 24.9 Å². The van der Waals surface area contributed by atoms with Crippen LogP contribution >= 0.6 is 11.8 Å². The van der Waals surface area contributed by atoms with Crippen molar-refractivity contribution >= 4 is 17.4 Å². The molecule has 1 saturated heterocycles. The lowest BCUT2D eigenvalue weighted by atomic mass is 10.2. The van der Waals surface area contributed by atoms with E-state index in [1.165, 1.54) is 17.2 Å². The molecule has 0 saturated carbocycles. The lowest BCUT2D eigenvalue weighted by Gasteiger charge is -2.27. The Balaban J connectivity index is 2.10. The van der Waals surface area contributed by atoms with Crippen molar-refractivity contribution in [2.75, 3.05) is 16.8 Å². The Kier molecular flexibility index (Phi) is 2.44. The molecule has 2 rings (SSSR count). The molecule has 0 atom stereocenters. The molecule has 2 nitrogen and oxygen atoms in total. The van der Waals surface area contributed by atoms with Crippen molar-refractivity contribution < 1.29 is 0 Å². The summed E-state index contributed by atoms with van der Waals surface area (Å²) < 4.78 is 0. The Labute approximate surface area is 83.1 Å². The predicted octanol–water partition coefficient (Wildman–Crippen LogP) is 2.23. The summed E-state index contributed by atoms with van der Waals surface area (Å²) in [7, 11) is 0. The largest absolute Gasteiger partial charge is 0.379 e. The van der Waals surface area contributed by atoms with Gasteiger partial charge in [-0.25, -0.2) is 0 Å². The Hall–Kier alpha value is -0.700. The number of aryl methyl sites for hydroxylation is 2. The van der Waals surface area contributed by atoms with Crippen molar-refractivity contribution in [3.63, 3.8) is 0 Å². The van der Waals surface area contributed by atoms with Gasteiger partial charge in [-0.3, -0.25) is 4.98 Å². The van der Waals surface area contributed by atoms with Crippen molar-refractivity contribution in [3.05, 3.63) is 23.5 Å². The van der Waals surface area contributed by atoms with E-state index in [-0.39, 0.29) is 0 Å². The summed E-state index contributed by atoms with van der Waals surface area (Å²) in [5.74, 6) is 2.46. The van der Waals surface area contributed by atoms with Crippen molar-refractivity contribution in [1.29, 1.82) is 0 Å². The first-order chi connectivity index (χ1) is 6.25. The second kappa shape index (κ2) is 3.58. The molecule has 1 N–H and O–H groups in total. The number of nitrogens with one attached hydrogen (secondary N) is 1. The van der Waals surface area contributed by atoms with Crippen molar-refractivity contribution in [2.45, 2.75) is 19.9 Å². The summed E-state index contributed by atoms with van der Waals surface area (Å²) in [6, 6.07) is 4.84. The van der Waals surface area contributed by atoms with E-state index < -0.39 is 0 Å². The molecule has 1 fully saturated rings. The molecule has 70 valence electrons. The second-order valence-electron chi connectivity index (χ2n) is 3.46. The van der Waals surface area contributed by atoms with Gasteiger partial charge in [-0.2, -0.15) is 11.8 Å². The molecule has 3 heteroatoms. The van der Waals surface area contributed by atoms with Crippen LogP contribution in [0.25, 0.3) is 0 Å². The Morgan fingerprint density at radius 1 is 1.38 bits per heavy atom. The van der Waals surface area contributed by atoms with Crippen LogP contribution in [0.3, 0.4) is 0 Å². The van der Waals surface area contributed by atoms with Crippen LogP contribution in [0.4, 0.5) is 5.69 Å². The predicted molar refractivity (Wildman–Crippen MR) is 58.4 cm³/mol. The first kappa shape index (κ1) is 8.88. The van der Waals surface area contributed by atoms with Crippen LogP contribution in [-0.2, 0) is 0 Å². The van der Waals surface area contributed by atoms with Gasteiger partial charge in [0.1, 0.15) is 0 Å². The molecule has 0 spiro atoms. The fourth-order valence-electron chi connectivity index (χ4n) is 1.38. The standard InChI is InChI=1S/C10H14N2S/c1-7-3-4-10(8(2)11-7)12-9-5-13-6-9/h3-4,9,12H,5-6H2,1-2H3. The van der Waals surface area contributed by atoms with Gasteiger partial charge in [-0.15, -0.1) is 0 Å². The van der Waals surface area contributed by atoms with Gasteiger partial charge in [-0.05, 0) is 26.0 Å². The normalized spacial score (nSPS) is 16.8. The highest BCUT2D eigenvalue weighted by Crippen LogP contribution is 2.23. The minimum atomic E-state index is 0.660. The third-order valence-corrected chi connectivity index (χ3v) is 3.50. The minimum Gasteiger partial charge on any atom is -0.379 e. The van der Waals surface area contributed by atoms with Crippen LogP contribution in [0, 0.1) is 13.8 Å². The van der Waals surface area contributed by atoms with E-state index in [4.69, 9.17) is 0 Å². The molecule has 1 aliphatic rings. The Morgan fingerprint density at radius 3 is 2.69 bits per heavy atom. The van der Waals surface area contributed by atoms with E-state index in [1.807, 2.05) is 18.7 Å². The zero-order valence-electron chi connectivity index (χ0n) is 8.00. The molecule has 0 aromatic carbocycles. The summed E-state index contributed by atoms with van der Waals surface area (Å²) in [6.07, 6.45) is 0. The smallest absolute Gasteiger partial charge is 0.0606 e. The van der Waals surface area contributed by atoms with Crippen molar-refractivity contribution in [1.82, 2.24) is 4.98 Å². The molecule has 2 heterocycles. The van der Waals surface area contributed by atoms with E-state index in [0.29, 0.717) is 6.04 Å². The Bertz CT molecular complexity index is 308. The molecule has 0 unspecified atom stereocenters. The fourth-order valence-corrected chi connectivity index (χ4v) is 2.02. The number of hydrogen-bond acceptors (Lipinski definition) is 3. The van der Waals surface area contributed by atoms with E-state index in [9.17, 15) is 0 Å². The number of anilines is 1. The van der Waals surface area contributed by atoms with Gasteiger partial charge < -0.3 is 5.32 Å². The molecule has 1 aliphatic heterocycles. The van der Waals surface area contributed by atoms with E-state index in [1.54, 1.807) is 0 Å². The van der Waals surface area contributed by atoms with Crippen molar-refractivity contribution in [2.24, 2.45) is 0 Å². The van der Waals surface area contributed by atoms with Gasteiger partial charge in [0.15, 0.2) is 0 Å². The van der Waals surface area contributed by atoms with Gasteiger partial charge in [0.05, 0.1) is 11.4 Å². The third-order valence-electron chi connectivity index (χ3n) is 2.22. The maximum absolute atomic E-state index is 4.42. The van der Waals surface area contributed by atoms with E-state index in [0.717, 1.165) is 11.4 Å². The highest BCUT2D eigenvalue weighted by molar-refractivity contribution is 8.00. The van der Waals surface area contributed by atoms with Gasteiger partial charge in [0.2, 0.25) is 0 Å². The quantitative estimate of drug-likeness (QED) is 0.781. The maximum Gasteiger partial charge on any atom is 0.0606 e. The third kappa shape index (κ3) is 1.97. The van der Waals surface area contributed by atoms with E-state index >= 15 is 0 Å². The molecule has 0 amide bonds. The highest BCUT2D eigenvalue weighted by atomic mass is 32.2. The molecule has 0 aliphatic carbocycles. The monoisotopic (exact) mass is 194 g/mol. The number of thioether (sulfide) groups is 1. The van der Waals surface area contributed by atoms with Gasteiger partial charge in [0.25, 0.3) is 0 Å². The van der Waals surface area contributed by atoms with Gasteiger partial charge >= 0.3 is 0 Å². The Morgan fingerprint density at radius 2 is 2.15 bits per heavy atom. The molecule has 1 aromatic rings. The number of rotatable bonds is 2. The maximum atomic E-state index is 4.42. The fraction of sp³-hybridized carbons (Fsp3) is 0.500. The average molecular weight is 194 g/mol. The first-order valence-corrected chi connectivity index (χ1v) is 5.70. The summed E-state index contributed by atoms with van der Waals surface area (Å²) in [6.45, 7) is 4.08. The van der Waals surface area contributed by atoms with Crippen LogP contribution in [0.2, 0.25) is 0 Å². The minimum absolute atomic E-state index is 0.660. The SMILES string of the molecule is Cc1ccc(NC2CSC2)c(C)n1. The van der Waals surface area contributed by atoms with E-state index in [2.05, 4.69) is 29.4 Å². The average Bonchev–Trinajstić information content (AvgIpc) is 1.99. The molecular weight excluding hydrogens is 180 g/mol. The van der Waals surface area contributed by atoms with Crippen LogP contribution in [0.1, 0.15) is 11.4 Å². The van der Waals surface area contributed by atoms with Crippen LogP contribution in [0.5, 0.6) is 0 Å². The zero-order valence-corrected chi connectivity index (χ0v) is 8.82. The summed E-state index contributed by atoms with van der Waals surface area (Å²) in [5.41, 5.74) is 3.39. The lowest BCUT2D eigenvalue weighted by Crippen LogP contribution is -2.33. The zero-order chi connectivity index (χ0) is 9.26. The van der Waals surface area contributed by atoms with Crippen molar-refractivity contribution in [3.8, 4) is 0 Å². The van der Waals surface area contributed by atoms with Crippen LogP contribution in [0.15, 0.2) is 12.1 Å².